The average molecular weight is 530 g/mol. The summed E-state index contributed by atoms with van der Waals surface area (Å²) < 4.78 is 55.5. The smallest absolute Gasteiger partial charge is 0.263 e. The molecule has 9 nitrogen and oxygen atoms in total. The highest BCUT2D eigenvalue weighted by atomic mass is 32.2. The van der Waals surface area contributed by atoms with E-state index in [4.69, 9.17) is 5.14 Å². The van der Waals surface area contributed by atoms with Gasteiger partial charge in [-0.1, -0.05) is 5.21 Å². The molecule has 0 radical (unpaired) electrons. The van der Waals surface area contributed by atoms with E-state index in [0.717, 1.165) is 57.0 Å². The van der Waals surface area contributed by atoms with Gasteiger partial charge in [0.1, 0.15) is 0 Å². The molecule has 2 saturated carbocycles. The zero-order chi connectivity index (χ0) is 25.3. The first-order valence-corrected chi connectivity index (χ1v) is 15.4. The first kappa shape index (κ1) is 26.4. The standard InChI is InChI=1S/C24H41F2N7O2S/c25-24(26)14-29-12-9-19(24)13-18-5-6-20(21(22(18)36(27,34)35)23-30-32-33-31-23)17-3-1-15(2-4-17)16-7-10-28-11-8-16/h15-22,28-29H,1-14H2,(H2,27,34,35)(H,30,31,32,33). The van der Waals surface area contributed by atoms with Crippen LogP contribution in [0.25, 0.3) is 0 Å². The lowest BCUT2D eigenvalue weighted by Crippen LogP contribution is -2.51. The van der Waals surface area contributed by atoms with Gasteiger partial charge in [0.2, 0.25) is 10.0 Å². The molecule has 0 amide bonds. The molecule has 12 heteroatoms. The number of halogens is 2. The normalized spacial score (nSPS) is 38.6. The Labute approximate surface area is 212 Å². The molecule has 0 aromatic carbocycles. The summed E-state index contributed by atoms with van der Waals surface area (Å²) in [6.45, 7) is 2.35. The first-order valence-electron chi connectivity index (χ1n) is 13.8. The van der Waals surface area contributed by atoms with E-state index in [-0.39, 0.29) is 18.9 Å². The van der Waals surface area contributed by atoms with Gasteiger partial charge in [0.05, 0.1) is 11.8 Å². The first-order chi connectivity index (χ1) is 17.2. The van der Waals surface area contributed by atoms with Crippen LogP contribution in [0.15, 0.2) is 0 Å². The third-order valence-corrected chi connectivity index (χ3v) is 11.3. The summed E-state index contributed by atoms with van der Waals surface area (Å²) in [5.74, 6) is -2.38. The summed E-state index contributed by atoms with van der Waals surface area (Å²) in [5.41, 5.74) is 0. The van der Waals surface area contributed by atoms with Gasteiger partial charge >= 0.3 is 0 Å². The van der Waals surface area contributed by atoms with Gasteiger partial charge < -0.3 is 10.6 Å². The second-order valence-corrected chi connectivity index (χ2v) is 13.5. The van der Waals surface area contributed by atoms with Gasteiger partial charge in [-0.25, -0.2) is 22.3 Å². The summed E-state index contributed by atoms with van der Waals surface area (Å²) in [5, 5.41) is 25.7. The maximum Gasteiger partial charge on any atom is 0.263 e. The number of aromatic amines is 1. The van der Waals surface area contributed by atoms with Crippen LogP contribution in [0.5, 0.6) is 0 Å². The molecule has 5 atom stereocenters. The molecule has 3 heterocycles. The van der Waals surface area contributed by atoms with Crippen LogP contribution < -0.4 is 15.8 Å². The summed E-state index contributed by atoms with van der Waals surface area (Å²) in [4.78, 5) is 0. The van der Waals surface area contributed by atoms with Gasteiger partial charge in [-0.2, -0.15) is 5.21 Å². The summed E-state index contributed by atoms with van der Waals surface area (Å²) >= 11 is 0. The Morgan fingerprint density at radius 1 is 0.889 bits per heavy atom. The van der Waals surface area contributed by atoms with Gasteiger partial charge in [0.15, 0.2) is 5.82 Å². The molecular weight excluding hydrogens is 488 g/mol. The summed E-state index contributed by atoms with van der Waals surface area (Å²) in [6.07, 6.45) is 8.77. The Hall–Kier alpha value is -1.24. The molecule has 0 bridgehead atoms. The van der Waals surface area contributed by atoms with E-state index in [2.05, 4.69) is 31.3 Å². The van der Waals surface area contributed by atoms with Crippen LogP contribution in [-0.4, -0.2) is 66.4 Å². The topological polar surface area (TPSA) is 139 Å². The number of piperidine rings is 2. The van der Waals surface area contributed by atoms with Crippen molar-refractivity contribution in [3.8, 4) is 0 Å². The maximum atomic E-state index is 14.7. The van der Waals surface area contributed by atoms with E-state index in [1.54, 1.807) is 0 Å². The molecule has 0 spiro atoms. The number of nitrogens with one attached hydrogen (secondary N) is 3. The van der Waals surface area contributed by atoms with Gasteiger partial charge in [0, 0.05) is 11.8 Å². The predicted molar refractivity (Wildman–Crippen MR) is 132 cm³/mol. The molecule has 1 aromatic rings. The van der Waals surface area contributed by atoms with E-state index >= 15 is 0 Å². The molecule has 4 aliphatic rings. The number of sulfonamides is 1. The SMILES string of the molecule is NS(=O)(=O)C1C(CC2CCNCC2(F)F)CCC(C2CCC(C3CCNCC3)CC2)C1c1nn[nH]n1. The van der Waals surface area contributed by atoms with E-state index in [1.807, 2.05) is 0 Å². The minimum absolute atomic E-state index is 0.0599. The third-order valence-electron chi connectivity index (χ3n) is 9.88. The highest BCUT2D eigenvalue weighted by Gasteiger charge is 2.52. The van der Waals surface area contributed by atoms with Crippen LogP contribution >= 0.6 is 0 Å². The fourth-order valence-corrected chi connectivity index (χ4v) is 9.61. The van der Waals surface area contributed by atoms with Crippen LogP contribution in [0.4, 0.5) is 8.78 Å². The van der Waals surface area contributed by atoms with Gasteiger partial charge in [-0.05, 0) is 113 Å². The Balaban J connectivity index is 1.36. The highest BCUT2D eigenvalue weighted by Crippen LogP contribution is 2.52. The fourth-order valence-electron chi connectivity index (χ4n) is 8.09. The Morgan fingerprint density at radius 3 is 2.19 bits per heavy atom. The van der Waals surface area contributed by atoms with Gasteiger partial charge in [0.25, 0.3) is 5.92 Å². The zero-order valence-corrected chi connectivity index (χ0v) is 21.7. The summed E-state index contributed by atoms with van der Waals surface area (Å²) in [7, 11) is -4.03. The van der Waals surface area contributed by atoms with E-state index in [1.165, 1.54) is 12.8 Å². The second-order valence-electron chi connectivity index (χ2n) is 11.8. The lowest BCUT2D eigenvalue weighted by Gasteiger charge is -2.47. The van der Waals surface area contributed by atoms with Crippen molar-refractivity contribution in [2.24, 2.45) is 40.6 Å². The number of H-pyrrole nitrogens is 1. The number of rotatable bonds is 6. The maximum absolute atomic E-state index is 14.7. The monoisotopic (exact) mass is 529 g/mol. The Morgan fingerprint density at radius 2 is 1.56 bits per heavy atom. The van der Waals surface area contributed by atoms with E-state index in [9.17, 15) is 17.2 Å². The minimum Gasteiger partial charge on any atom is -0.317 e. The molecular formula is C24H41F2N7O2S. The molecule has 36 heavy (non-hydrogen) atoms. The summed E-state index contributed by atoms with van der Waals surface area (Å²) in [6, 6.07) is 0. The minimum atomic E-state index is -4.03. The molecule has 204 valence electrons. The molecule has 5 unspecified atom stereocenters. The van der Waals surface area contributed by atoms with Crippen molar-refractivity contribution in [3.63, 3.8) is 0 Å². The Kier molecular flexibility index (Phi) is 7.96. The van der Waals surface area contributed by atoms with Crippen molar-refractivity contribution < 1.29 is 17.2 Å². The lowest BCUT2D eigenvalue weighted by atomic mass is 9.61. The van der Waals surface area contributed by atoms with Crippen molar-refractivity contribution in [3.05, 3.63) is 5.82 Å². The second kappa shape index (κ2) is 10.9. The van der Waals surface area contributed by atoms with Crippen molar-refractivity contribution >= 4 is 10.0 Å². The van der Waals surface area contributed by atoms with Crippen molar-refractivity contribution in [2.75, 3.05) is 26.2 Å². The van der Waals surface area contributed by atoms with E-state index < -0.39 is 38.9 Å². The van der Waals surface area contributed by atoms with Gasteiger partial charge in [-0.3, -0.25) is 0 Å². The molecule has 2 aliphatic carbocycles. The fraction of sp³-hybridized carbons (Fsp3) is 0.958. The van der Waals surface area contributed by atoms with Crippen molar-refractivity contribution in [1.82, 2.24) is 31.3 Å². The van der Waals surface area contributed by atoms with Crippen LogP contribution in [0, 0.1) is 35.5 Å². The van der Waals surface area contributed by atoms with Crippen LogP contribution in [-0.2, 0) is 10.0 Å². The molecule has 2 saturated heterocycles. The van der Waals surface area contributed by atoms with Crippen LogP contribution in [0.2, 0.25) is 0 Å². The number of nitrogens with zero attached hydrogens (tertiary/aromatic N) is 3. The molecule has 5 N–H and O–H groups in total. The largest absolute Gasteiger partial charge is 0.317 e. The van der Waals surface area contributed by atoms with Crippen LogP contribution in [0.3, 0.4) is 0 Å². The number of hydrogen-bond donors (Lipinski definition) is 4. The number of nitrogens with two attached hydrogens (primary N) is 1. The number of primary sulfonamides is 1. The highest BCUT2D eigenvalue weighted by molar-refractivity contribution is 7.89. The predicted octanol–water partition coefficient (Wildman–Crippen LogP) is 2.41. The molecule has 1 aromatic heterocycles. The Bertz CT molecular complexity index is 950. The molecule has 5 rings (SSSR count). The van der Waals surface area contributed by atoms with Gasteiger partial charge in [-0.15, -0.1) is 10.2 Å². The quantitative estimate of drug-likeness (QED) is 0.444. The number of hydrogen-bond acceptors (Lipinski definition) is 7. The number of alkyl halides is 2. The van der Waals surface area contributed by atoms with Crippen molar-refractivity contribution in [2.45, 2.75) is 81.3 Å². The molecule has 4 fully saturated rings. The van der Waals surface area contributed by atoms with Crippen molar-refractivity contribution in [1.29, 1.82) is 0 Å². The molecule has 2 aliphatic heterocycles. The number of aromatic nitrogens is 4. The third kappa shape index (κ3) is 5.61. The lowest BCUT2D eigenvalue weighted by molar-refractivity contribution is -0.0834. The van der Waals surface area contributed by atoms with Crippen LogP contribution in [0.1, 0.15) is 76.0 Å². The number of tetrazole rings is 1. The zero-order valence-electron chi connectivity index (χ0n) is 20.9. The average Bonchev–Trinajstić information content (AvgIpc) is 3.40. The van der Waals surface area contributed by atoms with E-state index in [0.29, 0.717) is 31.1 Å².